The van der Waals surface area contributed by atoms with Crippen LogP contribution in [0.3, 0.4) is 0 Å². The van der Waals surface area contributed by atoms with Crippen LogP contribution in [0.2, 0.25) is 0 Å². The minimum absolute atomic E-state index is 0.0149. The van der Waals surface area contributed by atoms with E-state index in [0.717, 1.165) is 41.5 Å². The summed E-state index contributed by atoms with van der Waals surface area (Å²) in [5.41, 5.74) is 3.09. The summed E-state index contributed by atoms with van der Waals surface area (Å²) in [6.07, 6.45) is 3.45. The van der Waals surface area contributed by atoms with Crippen molar-refractivity contribution in [3.8, 4) is 0 Å². The highest BCUT2D eigenvalue weighted by atomic mass is 32.1. The summed E-state index contributed by atoms with van der Waals surface area (Å²) >= 11 is 1.58. The van der Waals surface area contributed by atoms with Gasteiger partial charge in [0.15, 0.2) is 4.96 Å². The maximum Gasteiger partial charge on any atom is 0.245 e. The molecule has 0 saturated carbocycles. The highest BCUT2D eigenvalue weighted by Gasteiger charge is 2.28. The number of aryl methyl sites for hydroxylation is 2. The number of hydrogen-bond acceptors (Lipinski definition) is 5. The van der Waals surface area contributed by atoms with Gasteiger partial charge in [-0.25, -0.2) is 4.98 Å². The van der Waals surface area contributed by atoms with E-state index in [-0.39, 0.29) is 11.8 Å². The molecule has 1 N–H and O–H groups in total. The second kappa shape index (κ2) is 10.3. The van der Waals surface area contributed by atoms with E-state index in [1.165, 1.54) is 0 Å². The summed E-state index contributed by atoms with van der Waals surface area (Å²) in [4.78, 5) is 35.8. The third-order valence-corrected chi connectivity index (χ3v) is 6.95. The van der Waals surface area contributed by atoms with Gasteiger partial charge in [-0.15, -0.1) is 11.3 Å². The topological polar surface area (TPSA) is 69.9 Å². The number of carbonyl (C=O) groups is 2. The average Bonchev–Trinajstić information content (AvgIpc) is 3.36. The molecule has 8 heteroatoms. The molecule has 0 spiro atoms. The van der Waals surface area contributed by atoms with Crippen LogP contribution in [0.25, 0.3) is 4.96 Å². The molecule has 0 radical (unpaired) electrons. The minimum atomic E-state index is -0.545. The predicted molar refractivity (Wildman–Crippen MR) is 127 cm³/mol. The second-order valence-corrected chi connectivity index (χ2v) is 9.17. The van der Waals surface area contributed by atoms with Gasteiger partial charge in [-0.1, -0.05) is 37.3 Å². The molecule has 32 heavy (non-hydrogen) atoms. The molecular weight excluding hydrogens is 422 g/mol. The molecule has 2 aromatic heterocycles. The molecular formula is C24H31N5O2S. The van der Waals surface area contributed by atoms with Crippen LogP contribution in [0.15, 0.2) is 41.9 Å². The Balaban J connectivity index is 1.40. The van der Waals surface area contributed by atoms with Crippen LogP contribution in [0.1, 0.15) is 30.3 Å². The van der Waals surface area contributed by atoms with Gasteiger partial charge in [0, 0.05) is 56.3 Å². The van der Waals surface area contributed by atoms with Crippen molar-refractivity contribution in [3.05, 3.63) is 58.9 Å². The van der Waals surface area contributed by atoms with Crippen LogP contribution in [-0.4, -0.2) is 69.8 Å². The van der Waals surface area contributed by atoms with E-state index in [9.17, 15) is 9.59 Å². The molecule has 2 amide bonds. The first-order valence-corrected chi connectivity index (χ1v) is 12.2. The Morgan fingerprint density at radius 3 is 2.62 bits per heavy atom. The lowest BCUT2D eigenvalue weighted by molar-refractivity contribution is -0.137. The average molecular weight is 454 g/mol. The number of nitrogens with zero attached hydrogens (tertiary/aromatic N) is 4. The third-order valence-electron chi connectivity index (χ3n) is 6.06. The van der Waals surface area contributed by atoms with Crippen molar-refractivity contribution in [2.45, 2.75) is 39.2 Å². The Morgan fingerprint density at radius 1 is 1.16 bits per heavy atom. The molecule has 4 rings (SSSR count). The summed E-state index contributed by atoms with van der Waals surface area (Å²) < 4.78 is 2.05. The zero-order chi connectivity index (χ0) is 22.5. The maximum atomic E-state index is 13.3. The van der Waals surface area contributed by atoms with E-state index >= 15 is 0 Å². The summed E-state index contributed by atoms with van der Waals surface area (Å²) in [5, 5.41) is 5.09. The molecule has 1 atom stereocenters. The predicted octanol–water partition coefficient (Wildman–Crippen LogP) is 2.53. The zero-order valence-electron chi connectivity index (χ0n) is 18.8. The minimum Gasteiger partial charge on any atom is -0.344 e. The monoisotopic (exact) mass is 453 g/mol. The van der Waals surface area contributed by atoms with Gasteiger partial charge in [-0.2, -0.15) is 0 Å². The number of benzene rings is 1. The molecule has 0 bridgehead atoms. The van der Waals surface area contributed by atoms with E-state index in [2.05, 4.69) is 27.5 Å². The lowest BCUT2D eigenvalue weighted by Gasteiger charge is -2.36. The fraction of sp³-hybridized carbons (Fsp3) is 0.458. The van der Waals surface area contributed by atoms with Gasteiger partial charge in [-0.3, -0.25) is 14.0 Å². The molecule has 170 valence electrons. The van der Waals surface area contributed by atoms with Gasteiger partial charge >= 0.3 is 0 Å². The van der Waals surface area contributed by atoms with Crippen LogP contribution in [0.5, 0.6) is 0 Å². The highest BCUT2D eigenvalue weighted by molar-refractivity contribution is 7.15. The van der Waals surface area contributed by atoms with Gasteiger partial charge < -0.3 is 15.1 Å². The Labute approximate surface area is 193 Å². The number of aromatic nitrogens is 2. The van der Waals surface area contributed by atoms with Gasteiger partial charge in [0.2, 0.25) is 11.8 Å². The van der Waals surface area contributed by atoms with Crippen molar-refractivity contribution in [2.24, 2.45) is 0 Å². The maximum absolute atomic E-state index is 13.3. The molecule has 1 saturated heterocycles. The van der Waals surface area contributed by atoms with Crippen LogP contribution in [0, 0.1) is 6.92 Å². The number of rotatable bonds is 8. The molecule has 3 aromatic rings. The number of carbonyl (C=O) groups excluding carboxylic acids is 2. The second-order valence-electron chi connectivity index (χ2n) is 8.33. The number of thiazole rings is 1. The smallest absolute Gasteiger partial charge is 0.245 e. The van der Waals surface area contributed by atoms with Crippen LogP contribution in [0.4, 0.5) is 0 Å². The molecule has 3 heterocycles. The Bertz CT molecular complexity index is 1050. The van der Waals surface area contributed by atoms with Crippen molar-refractivity contribution in [2.75, 3.05) is 32.7 Å². The Hall–Kier alpha value is -2.71. The van der Waals surface area contributed by atoms with E-state index in [4.69, 9.17) is 0 Å². The molecule has 7 nitrogen and oxygen atoms in total. The van der Waals surface area contributed by atoms with Crippen molar-refractivity contribution in [1.82, 2.24) is 24.5 Å². The zero-order valence-corrected chi connectivity index (χ0v) is 19.6. The summed E-state index contributed by atoms with van der Waals surface area (Å²) in [6.45, 7) is 8.29. The molecule has 1 aliphatic rings. The summed E-state index contributed by atoms with van der Waals surface area (Å²) in [7, 11) is 0. The quantitative estimate of drug-likeness (QED) is 0.569. The number of hydrogen-bond donors (Lipinski definition) is 1. The molecule has 1 unspecified atom stereocenters. The highest BCUT2D eigenvalue weighted by Crippen LogP contribution is 2.18. The van der Waals surface area contributed by atoms with Crippen LogP contribution < -0.4 is 5.32 Å². The molecule has 1 aliphatic heterocycles. The molecule has 1 aromatic carbocycles. The van der Waals surface area contributed by atoms with E-state index in [0.29, 0.717) is 32.4 Å². The summed E-state index contributed by atoms with van der Waals surface area (Å²) in [5.74, 6) is -0.0798. The lowest BCUT2D eigenvalue weighted by atomic mass is 10.0. The fourth-order valence-electron chi connectivity index (χ4n) is 4.18. The SMILES string of the molecule is CCN1CCN(C(=O)C(Cc2ccccc2)NC(=O)CCc2csc3nc(C)cn23)CC1. The number of fused-ring (bicyclic) bond motifs is 1. The van der Waals surface area contributed by atoms with Crippen LogP contribution in [-0.2, 0) is 22.4 Å². The van der Waals surface area contributed by atoms with Gasteiger partial charge in [0.1, 0.15) is 6.04 Å². The van der Waals surface area contributed by atoms with E-state index < -0.39 is 6.04 Å². The third kappa shape index (κ3) is 5.37. The standard InChI is InChI=1S/C24H31N5O2S/c1-3-27-11-13-28(14-12-27)23(31)21(15-19-7-5-4-6-8-19)26-22(30)10-9-20-17-32-24-25-18(2)16-29(20)24/h4-8,16-17,21H,3,9-15H2,1-2H3,(H,26,30). The van der Waals surface area contributed by atoms with Gasteiger partial charge in [-0.05, 0) is 25.5 Å². The van der Waals surface area contributed by atoms with Crippen molar-refractivity contribution >= 4 is 28.1 Å². The summed E-state index contributed by atoms with van der Waals surface area (Å²) in [6, 6.07) is 9.36. The van der Waals surface area contributed by atoms with Crippen molar-refractivity contribution in [3.63, 3.8) is 0 Å². The van der Waals surface area contributed by atoms with Gasteiger partial charge in [0.25, 0.3) is 0 Å². The Kier molecular flexibility index (Phi) is 7.22. The van der Waals surface area contributed by atoms with Crippen molar-refractivity contribution in [1.29, 1.82) is 0 Å². The normalized spacial score (nSPS) is 15.8. The van der Waals surface area contributed by atoms with Crippen molar-refractivity contribution < 1.29 is 9.59 Å². The fourth-order valence-corrected chi connectivity index (χ4v) is 5.14. The number of nitrogens with one attached hydrogen (secondary N) is 1. The largest absolute Gasteiger partial charge is 0.344 e. The number of amides is 2. The number of imidazole rings is 1. The Morgan fingerprint density at radius 2 is 1.91 bits per heavy atom. The number of piperazine rings is 1. The first-order chi connectivity index (χ1) is 15.5. The first-order valence-electron chi connectivity index (χ1n) is 11.3. The van der Waals surface area contributed by atoms with Gasteiger partial charge in [0.05, 0.1) is 5.69 Å². The lowest BCUT2D eigenvalue weighted by Crippen LogP contribution is -2.55. The van der Waals surface area contributed by atoms with E-state index in [1.54, 1.807) is 11.3 Å². The molecule has 0 aliphatic carbocycles. The van der Waals surface area contributed by atoms with Crippen LogP contribution >= 0.6 is 11.3 Å². The molecule has 1 fully saturated rings. The van der Waals surface area contributed by atoms with E-state index in [1.807, 2.05) is 52.8 Å². The first kappa shape index (κ1) is 22.5. The number of likely N-dealkylation sites (N-methyl/N-ethyl adjacent to an activating group) is 1.